The molecule has 4 bridgehead atoms. The molecule has 7 aliphatic rings. The largest absolute Gasteiger partial charge is 0.337 e. The third kappa shape index (κ3) is 3.94. The maximum absolute atomic E-state index is 2.66. The summed E-state index contributed by atoms with van der Waals surface area (Å²) in [4.78, 5) is 2.66. The summed E-state index contributed by atoms with van der Waals surface area (Å²) in [7, 11) is 0. The molecule has 0 radical (unpaired) electrons. The van der Waals surface area contributed by atoms with Gasteiger partial charge < -0.3 is 4.90 Å². The van der Waals surface area contributed by atoms with Crippen LogP contribution in [0.3, 0.4) is 0 Å². The Bertz CT molecular complexity index is 2070. The average Bonchev–Trinajstić information content (AvgIpc) is 3.49. The molecule has 0 amide bonds. The van der Waals surface area contributed by atoms with Crippen LogP contribution in [0.5, 0.6) is 0 Å². The van der Waals surface area contributed by atoms with Crippen molar-refractivity contribution in [3.05, 3.63) is 143 Å². The summed E-state index contributed by atoms with van der Waals surface area (Å²) in [5, 5.41) is 0. The van der Waals surface area contributed by atoms with Gasteiger partial charge in [-0.15, -0.1) is 0 Å². The molecule has 49 heavy (non-hydrogen) atoms. The molecule has 1 heteroatoms. The Balaban J connectivity index is 1.09. The highest BCUT2D eigenvalue weighted by Gasteiger charge is 2.60. The monoisotopic (exact) mass is 637 g/mol. The van der Waals surface area contributed by atoms with Crippen molar-refractivity contribution >= 4 is 11.4 Å². The average molecular weight is 638 g/mol. The van der Waals surface area contributed by atoms with Crippen LogP contribution in [-0.4, -0.2) is 0 Å². The van der Waals surface area contributed by atoms with Gasteiger partial charge in [-0.1, -0.05) is 117 Å². The van der Waals surface area contributed by atoms with Crippen LogP contribution < -0.4 is 4.90 Å². The minimum atomic E-state index is 0.154. The van der Waals surface area contributed by atoms with E-state index in [1.807, 2.05) is 0 Å². The second-order valence-electron chi connectivity index (χ2n) is 16.7. The van der Waals surface area contributed by atoms with E-state index in [1.54, 1.807) is 27.8 Å². The normalized spacial score (nSPS) is 27.8. The molecule has 0 aromatic heterocycles. The Morgan fingerprint density at radius 3 is 2.06 bits per heavy atom. The van der Waals surface area contributed by atoms with Gasteiger partial charge in [0.1, 0.15) is 0 Å². The highest BCUT2D eigenvalue weighted by atomic mass is 15.1. The van der Waals surface area contributed by atoms with Crippen LogP contribution in [-0.2, 0) is 17.4 Å². The molecule has 5 saturated carbocycles. The van der Waals surface area contributed by atoms with Crippen molar-refractivity contribution in [1.29, 1.82) is 0 Å². The molecule has 0 heterocycles. The van der Waals surface area contributed by atoms with E-state index < -0.39 is 0 Å². The molecule has 0 N–H and O–H groups in total. The van der Waals surface area contributed by atoms with Crippen LogP contribution in [0.15, 0.2) is 115 Å². The first kappa shape index (κ1) is 28.7. The predicted molar refractivity (Wildman–Crippen MR) is 202 cm³/mol. The highest BCUT2D eigenvalue weighted by molar-refractivity contribution is 5.85. The number of nitrogens with zero attached hydrogens (tertiary/aromatic N) is 1. The summed E-state index contributed by atoms with van der Waals surface area (Å²) < 4.78 is 0. The molecule has 12 rings (SSSR count). The summed E-state index contributed by atoms with van der Waals surface area (Å²) in [6.07, 6.45) is 15.1. The fourth-order valence-corrected chi connectivity index (χ4v) is 13.0. The summed E-state index contributed by atoms with van der Waals surface area (Å²) in [5.74, 6) is 3.38. The number of para-hydroxylation sites is 1. The SMILES string of the molecule is c1ccc(N(Cc2cccc3c2C2(c4ccccc4-3)C3CCC4CC(C3)CC2C4)c2ccc3c(c2)C2(CCCCC2)c2ccccc2-3)cc1. The summed E-state index contributed by atoms with van der Waals surface area (Å²) in [6, 6.07) is 45.1. The second-order valence-corrected chi connectivity index (χ2v) is 16.7. The summed E-state index contributed by atoms with van der Waals surface area (Å²) in [5.41, 5.74) is 17.0. The van der Waals surface area contributed by atoms with E-state index in [1.165, 1.54) is 104 Å². The van der Waals surface area contributed by atoms with Crippen molar-refractivity contribution < 1.29 is 0 Å². The molecule has 5 aromatic rings. The lowest BCUT2D eigenvalue weighted by atomic mass is 9.50. The first-order valence-corrected chi connectivity index (χ1v) is 19.5. The third-order valence-corrected chi connectivity index (χ3v) is 14.6. The quantitative estimate of drug-likeness (QED) is 0.189. The van der Waals surface area contributed by atoms with Crippen LogP contribution in [0.1, 0.15) is 98.4 Å². The standard InChI is InChI=1S/C48H47N/c1-3-13-37(14-4-1)49(38-22-23-41-39-15-5-7-18-43(39)47(45(41)30-38)24-9-2-10-25-47)31-34-12-11-17-42-40-16-6-8-19-44(40)48(46(34)42)35-21-20-32-26-33(28-35)29-36(48)27-32/h1,3-8,11-19,22-23,30,32-33,35-36H,2,9-10,20-21,24-29,31H2. The Kier molecular flexibility index (Phi) is 6.27. The minimum Gasteiger partial charge on any atom is -0.337 e. The van der Waals surface area contributed by atoms with Gasteiger partial charge in [0.15, 0.2) is 0 Å². The molecular weight excluding hydrogens is 591 g/mol. The van der Waals surface area contributed by atoms with Crippen molar-refractivity contribution in [3.63, 3.8) is 0 Å². The minimum absolute atomic E-state index is 0.154. The third-order valence-electron chi connectivity index (χ3n) is 14.6. The van der Waals surface area contributed by atoms with Crippen molar-refractivity contribution in [1.82, 2.24) is 0 Å². The molecule has 5 unspecified atom stereocenters. The van der Waals surface area contributed by atoms with Crippen molar-refractivity contribution in [2.75, 3.05) is 4.90 Å². The Labute approximate surface area is 292 Å². The fourth-order valence-electron chi connectivity index (χ4n) is 13.0. The Morgan fingerprint density at radius 1 is 0.510 bits per heavy atom. The molecule has 5 atom stereocenters. The van der Waals surface area contributed by atoms with E-state index in [2.05, 4.69) is 120 Å². The number of hydrogen-bond donors (Lipinski definition) is 0. The van der Waals surface area contributed by atoms with Gasteiger partial charge in [0.2, 0.25) is 0 Å². The number of benzene rings is 5. The first-order chi connectivity index (χ1) is 24.2. The van der Waals surface area contributed by atoms with Crippen LogP contribution in [0.25, 0.3) is 22.3 Å². The second kappa shape index (κ2) is 10.7. The zero-order valence-corrected chi connectivity index (χ0v) is 28.7. The van der Waals surface area contributed by atoms with Gasteiger partial charge in [-0.3, -0.25) is 0 Å². The molecule has 2 spiro atoms. The number of fused-ring (bicyclic) bond motifs is 9. The molecule has 0 aliphatic heterocycles. The van der Waals surface area contributed by atoms with E-state index in [0.717, 1.165) is 30.2 Å². The topological polar surface area (TPSA) is 3.24 Å². The molecule has 0 saturated heterocycles. The van der Waals surface area contributed by atoms with Crippen LogP contribution in [0.2, 0.25) is 0 Å². The summed E-state index contributed by atoms with van der Waals surface area (Å²) in [6.45, 7) is 0.897. The predicted octanol–water partition coefficient (Wildman–Crippen LogP) is 12.4. The number of hydrogen-bond acceptors (Lipinski definition) is 1. The van der Waals surface area contributed by atoms with Crippen LogP contribution >= 0.6 is 0 Å². The van der Waals surface area contributed by atoms with E-state index in [4.69, 9.17) is 0 Å². The molecule has 1 nitrogen and oxygen atoms in total. The first-order valence-electron chi connectivity index (χ1n) is 19.5. The van der Waals surface area contributed by atoms with Gasteiger partial charge in [-0.25, -0.2) is 0 Å². The van der Waals surface area contributed by atoms with E-state index in [9.17, 15) is 0 Å². The lowest BCUT2D eigenvalue weighted by Gasteiger charge is -2.53. The lowest BCUT2D eigenvalue weighted by Crippen LogP contribution is -2.48. The van der Waals surface area contributed by atoms with E-state index >= 15 is 0 Å². The fraction of sp³-hybridized carbons (Fsp3) is 0.375. The van der Waals surface area contributed by atoms with Gasteiger partial charge >= 0.3 is 0 Å². The molecule has 7 aliphatic carbocycles. The van der Waals surface area contributed by atoms with Crippen molar-refractivity contribution in [2.24, 2.45) is 23.7 Å². The van der Waals surface area contributed by atoms with Crippen LogP contribution in [0, 0.1) is 23.7 Å². The lowest BCUT2D eigenvalue weighted by molar-refractivity contribution is 0.0613. The Morgan fingerprint density at radius 2 is 1.20 bits per heavy atom. The van der Waals surface area contributed by atoms with Crippen molar-refractivity contribution in [3.8, 4) is 22.3 Å². The summed E-state index contributed by atoms with van der Waals surface area (Å²) >= 11 is 0. The van der Waals surface area contributed by atoms with Gasteiger partial charge in [0.05, 0.1) is 0 Å². The molecule has 5 fully saturated rings. The van der Waals surface area contributed by atoms with Gasteiger partial charge in [0, 0.05) is 28.7 Å². The van der Waals surface area contributed by atoms with E-state index in [0.29, 0.717) is 0 Å². The Hall–Kier alpha value is -4.10. The van der Waals surface area contributed by atoms with Gasteiger partial charge in [-0.05, 0) is 143 Å². The van der Waals surface area contributed by atoms with E-state index in [-0.39, 0.29) is 10.8 Å². The zero-order chi connectivity index (χ0) is 32.2. The zero-order valence-electron chi connectivity index (χ0n) is 28.7. The molecular formula is C48H47N. The number of rotatable bonds is 4. The van der Waals surface area contributed by atoms with Gasteiger partial charge in [0.25, 0.3) is 0 Å². The van der Waals surface area contributed by atoms with Gasteiger partial charge in [-0.2, -0.15) is 0 Å². The van der Waals surface area contributed by atoms with Crippen LogP contribution in [0.4, 0.5) is 11.4 Å². The smallest absolute Gasteiger partial charge is 0.0485 e. The maximum Gasteiger partial charge on any atom is 0.0485 e. The number of anilines is 2. The highest BCUT2D eigenvalue weighted by Crippen LogP contribution is 2.68. The van der Waals surface area contributed by atoms with Crippen molar-refractivity contribution in [2.45, 2.75) is 88.0 Å². The molecule has 244 valence electrons. The maximum atomic E-state index is 2.66. The molecule has 5 aromatic carbocycles.